The Morgan fingerprint density at radius 1 is 1.41 bits per heavy atom. The zero-order valence-corrected chi connectivity index (χ0v) is 13.5. The van der Waals surface area contributed by atoms with Gasteiger partial charge in [0.05, 0.1) is 13.2 Å². The van der Waals surface area contributed by atoms with Crippen molar-refractivity contribution < 1.29 is 4.74 Å². The van der Waals surface area contributed by atoms with E-state index >= 15 is 0 Å². The van der Waals surface area contributed by atoms with E-state index in [0.717, 1.165) is 36.8 Å². The second-order valence-electron chi connectivity index (χ2n) is 5.30. The number of ether oxygens (including phenoxy) is 1. The van der Waals surface area contributed by atoms with Gasteiger partial charge < -0.3 is 15.0 Å². The van der Waals surface area contributed by atoms with Gasteiger partial charge in [-0.3, -0.25) is 0 Å². The number of allylic oxidation sites excluding steroid dienone is 2. The molecule has 22 heavy (non-hydrogen) atoms. The summed E-state index contributed by atoms with van der Waals surface area (Å²) in [5, 5.41) is 13.8. The molecule has 0 radical (unpaired) electrons. The molecule has 5 nitrogen and oxygen atoms in total. The highest BCUT2D eigenvalue weighted by Crippen LogP contribution is 2.26. The van der Waals surface area contributed by atoms with E-state index in [9.17, 15) is 5.26 Å². The summed E-state index contributed by atoms with van der Waals surface area (Å²) in [6.45, 7) is 3.00. The Bertz CT molecular complexity index is 594. The number of morpholine rings is 1. The molecular formula is C16H20N4OS. The van der Waals surface area contributed by atoms with E-state index in [0.29, 0.717) is 18.8 Å². The van der Waals surface area contributed by atoms with E-state index in [-0.39, 0.29) is 6.17 Å². The Labute approximate surface area is 135 Å². The van der Waals surface area contributed by atoms with Gasteiger partial charge in [-0.05, 0) is 24.7 Å². The Morgan fingerprint density at radius 2 is 2.23 bits per heavy atom. The van der Waals surface area contributed by atoms with E-state index in [4.69, 9.17) is 9.73 Å². The van der Waals surface area contributed by atoms with E-state index < -0.39 is 0 Å². The Kier molecular flexibility index (Phi) is 4.86. The standard InChI is InChI=1S/C16H20N4OS/c1-22-16-13(11-17)15(20-7-9-21-10-8-20)18-14(19-16)12-5-3-2-4-6-12/h3,5-6,14,18H,2,4,7-10H2,1H3. The Hall–Kier alpha value is -1.71. The van der Waals surface area contributed by atoms with E-state index in [1.165, 1.54) is 17.3 Å². The molecule has 0 saturated carbocycles. The maximum atomic E-state index is 9.56. The molecular weight excluding hydrogens is 296 g/mol. The number of aliphatic imine (C=N–C) groups is 1. The molecule has 0 amide bonds. The maximum absolute atomic E-state index is 9.56. The normalized spacial score (nSPS) is 25.3. The molecule has 2 aliphatic heterocycles. The quantitative estimate of drug-likeness (QED) is 0.844. The summed E-state index contributed by atoms with van der Waals surface area (Å²) in [5.74, 6) is 0.898. The lowest BCUT2D eigenvalue weighted by molar-refractivity contribution is 0.0494. The van der Waals surface area contributed by atoms with Gasteiger partial charge in [-0.2, -0.15) is 5.26 Å². The molecule has 116 valence electrons. The molecule has 1 aliphatic carbocycles. The summed E-state index contributed by atoms with van der Waals surface area (Å²) in [6.07, 6.45) is 10.6. The van der Waals surface area contributed by atoms with Gasteiger partial charge in [0.2, 0.25) is 0 Å². The van der Waals surface area contributed by atoms with Crippen LogP contribution in [0.15, 0.2) is 40.2 Å². The first kappa shape index (κ1) is 15.2. The summed E-state index contributed by atoms with van der Waals surface area (Å²) in [5.41, 5.74) is 1.83. The molecule has 1 atom stereocenters. The lowest BCUT2D eigenvalue weighted by atomic mass is 10.0. The fraction of sp³-hybridized carbons (Fsp3) is 0.500. The molecule has 3 aliphatic rings. The number of hydrogen-bond donors (Lipinski definition) is 1. The van der Waals surface area contributed by atoms with Crippen LogP contribution in [0.2, 0.25) is 0 Å². The number of thioether (sulfide) groups is 1. The lowest BCUT2D eigenvalue weighted by Gasteiger charge is -2.36. The van der Waals surface area contributed by atoms with Crippen LogP contribution in [0.3, 0.4) is 0 Å². The van der Waals surface area contributed by atoms with Crippen LogP contribution in [0.1, 0.15) is 12.8 Å². The molecule has 1 unspecified atom stereocenters. The van der Waals surface area contributed by atoms with Gasteiger partial charge in [-0.25, -0.2) is 4.99 Å². The molecule has 0 aromatic carbocycles. The van der Waals surface area contributed by atoms with Crippen molar-refractivity contribution in [1.29, 1.82) is 5.26 Å². The number of rotatable bonds is 2. The van der Waals surface area contributed by atoms with Crippen LogP contribution < -0.4 is 5.32 Å². The maximum Gasteiger partial charge on any atom is 0.146 e. The van der Waals surface area contributed by atoms with Crippen molar-refractivity contribution in [3.63, 3.8) is 0 Å². The van der Waals surface area contributed by atoms with Gasteiger partial charge in [-0.1, -0.05) is 18.2 Å². The third kappa shape index (κ3) is 3.06. The average molecular weight is 316 g/mol. The summed E-state index contributed by atoms with van der Waals surface area (Å²) in [7, 11) is 0. The van der Waals surface area contributed by atoms with Crippen molar-refractivity contribution in [3.05, 3.63) is 35.2 Å². The smallest absolute Gasteiger partial charge is 0.146 e. The molecule has 6 heteroatoms. The Morgan fingerprint density at radius 3 is 2.86 bits per heavy atom. The number of nitrogens with one attached hydrogen (secondary N) is 1. The van der Waals surface area contributed by atoms with Gasteiger partial charge in [-0.15, -0.1) is 11.8 Å². The molecule has 0 aromatic heterocycles. The van der Waals surface area contributed by atoms with Crippen molar-refractivity contribution in [3.8, 4) is 6.07 Å². The van der Waals surface area contributed by atoms with Crippen molar-refractivity contribution in [2.24, 2.45) is 4.99 Å². The topological polar surface area (TPSA) is 60.6 Å². The first-order valence-corrected chi connectivity index (χ1v) is 8.78. The van der Waals surface area contributed by atoms with Crippen molar-refractivity contribution in [2.75, 3.05) is 32.6 Å². The number of nitrogens with zero attached hydrogens (tertiary/aromatic N) is 3. The summed E-state index contributed by atoms with van der Waals surface area (Å²) >= 11 is 1.53. The van der Waals surface area contributed by atoms with Crippen LogP contribution in [-0.4, -0.2) is 48.7 Å². The highest BCUT2D eigenvalue weighted by molar-refractivity contribution is 8.13. The van der Waals surface area contributed by atoms with Crippen LogP contribution in [-0.2, 0) is 4.74 Å². The highest BCUT2D eigenvalue weighted by Gasteiger charge is 2.28. The van der Waals surface area contributed by atoms with Crippen LogP contribution in [0.5, 0.6) is 0 Å². The van der Waals surface area contributed by atoms with Gasteiger partial charge in [0.25, 0.3) is 0 Å². The molecule has 1 N–H and O–H groups in total. The minimum atomic E-state index is -0.103. The van der Waals surface area contributed by atoms with E-state index in [1.54, 1.807) is 0 Å². The second kappa shape index (κ2) is 7.03. The van der Waals surface area contributed by atoms with Crippen molar-refractivity contribution in [2.45, 2.75) is 19.0 Å². The number of hydrogen-bond acceptors (Lipinski definition) is 6. The largest absolute Gasteiger partial charge is 0.378 e. The monoisotopic (exact) mass is 316 g/mol. The fourth-order valence-electron chi connectivity index (χ4n) is 2.80. The zero-order valence-electron chi connectivity index (χ0n) is 12.7. The lowest BCUT2D eigenvalue weighted by Crippen LogP contribution is -2.46. The first-order valence-electron chi connectivity index (χ1n) is 7.56. The molecule has 2 heterocycles. The van der Waals surface area contributed by atoms with Gasteiger partial charge >= 0.3 is 0 Å². The first-order chi connectivity index (χ1) is 10.8. The summed E-state index contributed by atoms with van der Waals surface area (Å²) in [4.78, 5) is 6.93. The predicted molar refractivity (Wildman–Crippen MR) is 89.4 cm³/mol. The van der Waals surface area contributed by atoms with Crippen LogP contribution in [0.25, 0.3) is 0 Å². The predicted octanol–water partition coefficient (Wildman–Crippen LogP) is 2.02. The minimum absolute atomic E-state index is 0.103. The van der Waals surface area contributed by atoms with Crippen LogP contribution in [0, 0.1) is 11.3 Å². The second-order valence-corrected chi connectivity index (χ2v) is 6.10. The minimum Gasteiger partial charge on any atom is -0.378 e. The SMILES string of the molecule is CSC1=NC(C2=CCCC=C2)NC(N2CCOCC2)=C1C#N. The van der Waals surface area contributed by atoms with Crippen molar-refractivity contribution >= 4 is 16.8 Å². The van der Waals surface area contributed by atoms with Crippen molar-refractivity contribution in [1.82, 2.24) is 10.2 Å². The summed E-state index contributed by atoms with van der Waals surface area (Å²) in [6, 6.07) is 2.32. The highest BCUT2D eigenvalue weighted by atomic mass is 32.2. The molecule has 0 bridgehead atoms. The molecule has 1 fully saturated rings. The van der Waals surface area contributed by atoms with Gasteiger partial charge in [0, 0.05) is 13.1 Å². The van der Waals surface area contributed by atoms with Gasteiger partial charge in [0.15, 0.2) is 0 Å². The number of nitriles is 1. The molecule has 0 aromatic rings. The van der Waals surface area contributed by atoms with Gasteiger partial charge in [0.1, 0.15) is 28.7 Å². The third-order valence-electron chi connectivity index (χ3n) is 3.94. The summed E-state index contributed by atoms with van der Waals surface area (Å²) < 4.78 is 5.42. The molecule has 1 saturated heterocycles. The third-order valence-corrected chi connectivity index (χ3v) is 4.64. The van der Waals surface area contributed by atoms with E-state index in [1.807, 2.05) is 6.26 Å². The molecule has 0 spiro atoms. The van der Waals surface area contributed by atoms with Crippen LogP contribution in [0.4, 0.5) is 0 Å². The van der Waals surface area contributed by atoms with Crippen LogP contribution >= 0.6 is 11.8 Å². The zero-order chi connectivity index (χ0) is 15.4. The Balaban J connectivity index is 1.92. The molecule has 3 rings (SSSR count). The fourth-order valence-corrected chi connectivity index (χ4v) is 3.36. The average Bonchev–Trinajstić information content (AvgIpc) is 2.62. The van der Waals surface area contributed by atoms with E-state index in [2.05, 4.69) is 34.5 Å².